The van der Waals surface area contributed by atoms with E-state index in [1.54, 1.807) is 0 Å². The lowest BCUT2D eigenvalue weighted by atomic mass is 9.92. The van der Waals surface area contributed by atoms with Crippen LogP contribution in [0.1, 0.15) is 41.1 Å². The molecule has 4 N–H and O–H groups in total. The van der Waals surface area contributed by atoms with Crippen LogP contribution in [0.15, 0.2) is 66.7 Å². The number of aliphatic hydroxyl groups excluding tert-OH is 1. The number of hydrogen-bond donors (Lipinski definition) is 4. The molecule has 0 aromatic heterocycles. The molecule has 6 heteroatoms. The molecule has 1 atom stereocenters. The lowest BCUT2D eigenvalue weighted by Gasteiger charge is -2.36. The largest absolute Gasteiger partial charge is 0.508 e. The average Bonchev–Trinajstić information content (AvgIpc) is 3.03. The van der Waals surface area contributed by atoms with Gasteiger partial charge in [-0.2, -0.15) is 0 Å². The number of aliphatic hydroxyl groups is 1. The highest BCUT2D eigenvalue weighted by Gasteiger charge is 2.28. The van der Waals surface area contributed by atoms with Crippen molar-refractivity contribution >= 4 is 0 Å². The molecule has 0 radical (unpaired) electrons. The van der Waals surface area contributed by atoms with Gasteiger partial charge in [0.05, 0.1) is 6.04 Å². The molecule has 1 heterocycles. The normalized spacial score (nSPS) is 17.9. The van der Waals surface area contributed by atoms with Gasteiger partial charge in [0.1, 0.15) is 18.5 Å². The molecule has 0 spiro atoms. The monoisotopic (exact) mass is 474 g/mol. The van der Waals surface area contributed by atoms with Crippen LogP contribution in [-0.4, -0.2) is 58.6 Å². The van der Waals surface area contributed by atoms with Gasteiger partial charge in [0.25, 0.3) is 0 Å². The van der Waals surface area contributed by atoms with Crippen LogP contribution < -0.4 is 10.1 Å². The first kappa shape index (κ1) is 23.7. The maximum absolute atomic E-state index is 10.5. The van der Waals surface area contributed by atoms with Gasteiger partial charge in [0, 0.05) is 18.7 Å². The van der Waals surface area contributed by atoms with E-state index in [1.807, 2.05) is 0 Å². The summed E-state index contributed by atoms with van der Waals surface area (Å²) in [6.07, 6.45) is 3.50. The third kappa shape index (κ3) is 5.61. The number of phenols is 2. The molecule has 2 aliphatic rings. The van der Waals surface area contributed by atoms with Crippen LogP contribution in [0.5, 0.6) is 17.2 Å². The van der Waals surface area contributed by atoms with E-state index in [-0.39, 0.29) is 29.9 Å². The molecule has 1 unspecified atom stereocenters. The molecule has 5 rings (SSSR count). The minimum Gasteiger partial charge on any atom is -0.508 e. The Morgan fingerprint density at radius 3 is 2.17 bits per heavy atom. The third-order valence-electron chi connectivity index (χ3n) is 7.23. The molecule has 0 saturated carbocycles. The topological polar surface area (TPSA) is 85.2 Å². The number of rotatable bonds is 7. The molecule has 184 valence electrons. The van der Waals surface area contributed by atoms with Crippen LogP contribution in [0.25, 0.3) is 0 Å². The molecule has 1 fully saturated rings. The number of likely N-dealkylation sites (tertiary alicyclic amines) is 1. The Kier molecular flexibility index (Phi) is 7.23. The van der Waals surface area contributed by atoms with Crippen molar-refractivity contribution in [3.05, 3.63) is 89.0 Å². The van der Waals surface area contributed by atoms with Crippen molar-refractivity contribution in [3.63, 3.8) is 0 Å². The average molecular weight is 475 g/mol. The minimum atomic E-state index is -0.679. The van der Waals surface area contributed by atoms with Crippen LogP contribution in [0.3, 0.4) is 0 Å². The lowest BCUT2D eigenvalue weighted by molar-refractivity contribution is 0.0566. The smallest absolute Gasteiger partial charge is 0.164 e. The Hall–Kier alpha value is -3.06. The Balaban J connectivity index is 1.17. The molecule has 3 aromatic rings. The van der Waals surface area contributed by atoms with Crippen molar-refractivity contribution in [2.45, 2.75) is 43.9 Å². The molecular weight excluding hydrogens is 440 g/mol. The standard InChI is InChI=1S/C29H34N2O4/c32-23-11-12-27(34)28(17-23)35-19-24(33)18-31-15-13-22(14-16-31)30-29-25-7-3-1-5-20(25)9-10-21-6-2-4-8-26(21)29/h1-8,11-12,17,22,24,29-30,32-34H,9-10,13-16,18-19H2. The van der Waals surface area contributed by atoms with Crippen molar-refractivity contribution in [3.8, 4) is 17.2 Å². The number of piperidine rings is 1. The Morgan fingerprint density at radius 2 is 1.51 bits per heavy atom. The summed E-state index contributed by atoms with van der Waals surface area (Å²) in [6, 6.07) is 22.4. The van der Waals surface area contributed by atoms with Crippen LogP contribution in [0.2, 0.25) is 0 Å². The van der Waals surface area contributed by atoms with Gasteiger partial charge in [0.15, 0.2) is 11.5 Å². The number of phenolic OH excluding ortho intramolecular Hbond substituents is 2. The van der Waals surface area contributed by atoms with E-state index >= 15 is 0 Å². The molecule has 0 amide bonds. The second kappa shape index (κ2) is 10.7. The number of benzene rings is 3. The van der Waals surface area contributed by atoms with E-state index in [0.29, 0.717) is 12.6 Å². The zero-order valence-electron chi connectivity index (χ0n) is 19.9. The predicted molar refractivity (Wildman–Crippen MR) is 136 cm³/mol. The van der Waals surface area contributed by atoms with E-state index in [4.69, 9.17) is 4.74 Å². The van der Waals surface area contributed by atoms with E-state index in [1.165, 1.54) is 40.5 Å². The second-order valence-corrected chi connectivity index (χ2v) is 9.69. The Bertz CT molecular complexity index is 1100. The summed E-state index contributed by atoms with van der Waals surface area (Å²) in [5.41, 5.74) is 5.64. The van der Waals surface area contributed by atoms with E-state index < -0.39 is 6.10 Å². The van der Waals surface area contributed by atoms with Crippen LogP contribution in [-0.2, 0) is 12.8 Å². The molecule has 1 aliphatic heterocycles. The predicted octanol–water partition coefficient (Wildman–Crippen LogP) is 3.78. The van der Waals surface area contributed by atoms with E-state index in [9.17, 15) is 15.3 Å². The van der Waals surface area contributed by atoms with Crippen molar-refractivity contribution < 1.29 is 20.1 Å². The first-order valence-electron chi connectivity index (χ1n) is 12.5. The maximum Gasteiger partial charge on any atom is 0.164 e. The third-order valence-corrected chi connectivity index (χ3v) is 7.23. The Labute approximate surface area is 206 Å². The first-order valence-corrected chi connectivity index (χ1v) is 12.5. The summed E-state index contributed by atoms with van der Waals surface area (Å²) >= 11 is 0. The van der Waals surface area contributed by atoms with Gasteiger partial charge in [-0.1, -0.05) is 48.5 Å². The number of fused-ring (bicyclic) bond motifs is 2. The fourth-order valence-electron chi connectivity index (χ4n) is 5.38. The molecule has 35 heavy (non-hydrogen) atoms. The highest BCUT2D eigenvalue weighted by molar-refractivity contribution is 5.45. The summed E-state index contributed by atoms with van der Waals surface area (Å²) in [5, 5.41) is 33.9. The second-order valence-electron chi connectivity index (χ2n) is 9.69. The fourth-order valence-corrected chi connectivity index (χ4v) is 5.38. The fraction of sp³-hybridized carbons (Fsp3) is 0.379. The zero-order valence-corrected chi connectivity index (χ0v) is 19.9. The van der Waals surface area contributed by atoms with E-state index in [0.717, 1.165) is 38.8 Å². The number of aryl methyl sites for hydroxylation is 2. The van der Waals surface area contributed by atoms with Crippen LogP contribution in [0.4, 0.5) is 0 Å². The van der Waals surface area contributed by atoms with Gasteiger partial charge in [-0.15, -0.1) is 0 Å². The first-order chi connectivity index (χ1) is 17.1. The number of aromatic hydroxyl groups is 2. The summed E-state index contributed by atoms with van der Waals surface area (Å²) in [5.74, 6) is 0.139. The number of hydrogen-bond acceptors (Lipinski definition) is 6. The summed E-state index contributed by atoms with van der Waals surface area (Å²) < 4.78 is 5.52. The summed E-state index contributed by atoms with van der Waals surface area (Å²) in [7, 11) is 0. The summed E-state index contributed by atoms with van der Waals surface area (Å²) in [6.45, 7) is 2.39. The van der Waals surface area contributed by atoms with E-state index in [2.05, 4.69) is 58.7 Å². The molecule has 1 aliphatic carbocycles. The number of nitrogens with zero attached hydrogens (tertiary/aromatic N) is 1. The number of nitrogens with one attached hydrogen (secondary N) is 1. The molecular formula is C29H34N2O4. The van der Waals surface area contributed by atoms with Gasteiger partial charge in [-0.05, 0) is 73.2 Å². The van der Waals surface area contributed by atoms with Gasteiger partial charge in [-0.25, -0.2) is 0 Å². The molecule has 6 nitrogen and oxygen atoms in total. The summed E-state index contributed by atoms with van der Waals surface area (Å²) in [4.78, 5) is 2.27. The lowest BCUT2D eigenvalue weighted by Crippen LogP contribution is -2.46. The highest BCUT2D eigenvalue weighted by Crippen LogP contribution is 2.34. The molecule has 0 bridgehead atoms. The number of β-amino-alcohol motifs (C(OH)–C–C–N with tert-alkyl or cyclic N) is 1. The molecule has 3 aromatic carbocycles. The van der Waals surface area contributed by atoms with Crippen LogP contribution >= 0.6 is 0 Å². The van der Waals surface area contributed by atoms with Crippen LogP contribution in [0, 0.1) is 0 Å². The zero-order chi connectivity index (χ0) is 24.2. The van der Waals surface area contributed by atoms with Gasteiger partial charge >= 0.3 is 0 Å². The SMILES string of the molecule is Oc1ccc(O)c(OCC(O)CN2CCC(NC3c4ccccc4CCc4ccccc43)CC2)c1. The maximum atomic E-state index is 10.5. The van der Waals surface area contributed by atoms with Gasteiger partial charge < -0.3 is 30.3 Å². The number of ether oxygens (including phenoxy) is 1. The molecule has 1 saturated heterocycles. The van der Waals surface area contributed by atoms with Crippen molar-refractivity contribution in [2.24, 2.45) is 0 Å². The van der Waals surface area contributed by atoms with Crippen molar-refractivity contribution in [1.29, 1.82) is 0 Å². The quantitative estimate of drug-likeness (QED) is 0.390. The Morgan fingerprint density at radius 1 is 0.886 bits per heavy atom. The van der Waals surface area contributed by atoms with Gasteiger partial charge in [-0.3, -0.25) is 0 Å². The minimum absolute atomic E-state index is 0.0146. The van der Waals surface area contributed by atoms with Crippen molar-refractivity contribution in [2.75, 3.05) is 26.2 Å². The highest BCUT2D eigenvalue weighted by atomic mass is 16.5. The van der Waals surface area contributed by atoms with Crippen molar-refractivity contribution in [1.82, 2.24) is 10.2 Å². The van der Waals surface area contributed by atoms with Gasteiger partial charge in [0.2, 0.25) is 0 Å².